The van der Waals surface area contributed by atoms with Crippen LogP contribution in [0.25, 0.3) is 0 Å². The molecule has 0 unspecified atom stereocenters. The molecule has 2 bridgehead atoms. The first-order chi connectivity index (χ1) is 14.0. The molecule has 29 heavy (non-hydrogen) atoms. The number of likely N-dealkylation sites (N-methyl/N-ethyl adjacent to an activating group) is 1. The third-order valence-corrected chi connectivity index (χ3v) is 7.76. The van der Waals surface area contributed by atoms with E-state index in [9.17, 15) is 9.90 Å². The molecule has 5 atom stereocenters. The zero-order chi connectivity index (χ0) is 20.3. The minimum absolute atomic E-state index is 0.0672. The highest BCUT2D eigenvalue weighted by Gasteiger charge is 2.66. The molecule has 2 fully saturated rings. The number of hydrogen-bond acceptors (Lipinski definition) is 7. The molecule has 5 rings (SSSR count). The maximum atomic E-state index is 12.2. The number of piperidine rings is 1. The van der Waals surface area contributed by atoms with Gasteiger partial charge in [-0.25, -0.2) is 0 Å². The third kappa shape index (κ3) is 2.57. The Labute approximate surface area is 171 Å². The lowest BCUT2D eigenvalue weighted by atomic mass is 9.51. The highest BCUT2D eigenvalue weighted by atomic mass is 16.7. The van der Waals surface area contributed by atoms with Crippen LogP contribution in [0.5, 0.6) is 11.5 Å². The average Bonchev–Trinajstić information content (AvgIpc) is 3.06. The lowest BCUT2D eigenvalue weighted by molar-refractivity contribution is -0.213. The summed E-state index contributed by atoms with van der Waals surface area (Å²) in [6.07, 6.45) is 3.79. The monoisotopic (exact) mass is 402 g/mol. The van der Waals surface area contributed by atoms with Crippen molar-refractivity contribution in [2.75, 3.05) is 33.9 Å². The van der Waals surface area contributed by atoms with Crippen molar-refractivity contribution >= 4 is 5.97 Å². The summed E-state index contributed by atoms with van der Waals surface area (Å²) in [5.74, 6) is 1.06. The van der Waals surface area contributed by atoms with Gasteiger partial charge in [0.15, 0.2) is 11.5 Å². The van der Waals surface area contributed by atoms with Crippen LogP contribution in [0.3, 0.4) is 0 Å². The normalized spacial score (nSPS) is 34.6. The second-order valence-electron chi connectivity index (χ2n) is 8.84. The van der Waals surface area contributed by atoms with Gasteiger partial charge in [-0.05, 0) is 63.7 Å². The maximum Gasteiger partial charge on any atom is 0.322 e. The number of nitrogens with zero attached hydrogens (tertiary/aromatic N) is 2. The fraction of sp³-hybridized carbons (Fsp3) is 0.682. The van der Waals surface area contributed by atoms with E-state index in [1.165, 1.54) is 11.1 Å². The lowest BCUT2D eigenvalue weighted by Crippen LogP contribution is -2.68. The number of phenols is 1. The zero-order valence-electron chi connectivity index (χ0n) is 17.4. The third-order valence-electron chi connectivity index (χ3n) is 7.76. The van der Waals surface area contributed by atoms with Crippen molar-refractivity contribution in [1.82, 2.24) is 9.96 Å². The number of carbonyl (C=O) groups is 1. The van der Waals surface area contributed by atoms with Crippen molar-refractivity contribution in [2.45, 2.75) is 56.2 Å². The van der Waals surface area contributed by atoms with E-state index in [2.05, 4.69) is 18.0 Å². The fourth-order valence-corrected chi connectivity index (χ4v) is 6.66. The number of hydroxylamine groups is 2. The van der Waals surface area contributed by atoms with Crippen LogP contribution in [0, 0.1) is 5.92 Å². The Kier molecular flexibility index (Phi) is 4.53. The standard InChI is InChI=1S/C22H30N2O5/c1-4-28-18(26)12-24(27-3)15-7-6-14-16-11-13-5-8-17(25)20-19(13)22(14,21(15)29-20)9-10-23(16)2/h5,8,14-16,21,25H,4,6-7,9-12H2,1-3H3/t14-,15-,16+,21-,22-/m0/s1. The van der Waals surface area contributed by atoms with E-state index >= 15 is 0 Å². The predicted octanol–water partition coefficient (Wildman–Crippen LogP) is 1.86. The molecule has 1 N–H and O–H groups in total. The van der Waals surface area contributed by atoms with E-state index in [-0.39, 0.29) is 35.8 Å². The number of carbonyl (C=O) groups excluding carboxylic acids is 1. The van der Waals surface area contributed by atoms with Crippen molar-refractivity contribution in [3.05, 3.63) is 23.3 Å². The number of esters is 1. The van der Waals surface area contributed by atoms with Gasteiger partial charge < -0.3 is 24.3 Å². The van der Waals surface area contributed by atoms with Gasteiger partial charge in [0, 0.05) is 17.0 Å². The molecule has 158 valence electrons. The smallest absolute Gasteiger partial charge is 0.322 e. The summed E-state index contributed by atoms with van der Waals surface area (Å²) >= 11 is 0. The van der Waals surface area contributed by atoms with Crippen LogP contribution in [0.15, 0.2) is 12.1 Å². The minimum Gasteiger partial charge on any atom is -0.504 e. The molecule has 1 aromatic rings. The topological polar surface area (TPSA) is 71.5 Å². The molecule has 1 saturated heterocycles. The number of aromatic hydroxyl groups is 1. The number of phenolic OH excluding ortho intramolecular Hbond substituents is 1. The van der Waals surface area contributed by atoms with Gasteiger partial charge in [0.25, 0.3) is 0 Å². The largest absolute Gasteiger partial charge is 0.504 e. The fourth-order valence-electron chi connectivity index (χ4n) is 6.66. The molecule has 2 aliphatic heterocycles. The number of benzene rings is 1. The van der Waals surface area contributed by atoms with Crippen LogP contribution in [0.1, 0.15) is 37.3 Å². The Balaban J connectivity index is 1.57. The second-order valence-corrected chi connectivity index (χ2v) is 8.84. The van der Waals surface area contributed by atoms with E-state index in [0.717, 1.165) is 32.2 Å². The van der Waals surface area contributed by atoms with Crippen molar-refractivity contribution in [3.8, 4) is 11.5 Å². The number of likely N-dealkylation sites (tertiary alicyclic amines) is 1. The summed E-state index contributed by atoms with van der Waals surface area (Å²) in [5.41, 5.74) is 2.38. The minimum atomic E-state index is -0.294. The first-order valence-corrected chi connectivity index (χ1v) is 10.7. The van der Waals surface area contributed by atoms with Crippen LogP contribution in [0.4, 0.5) is 0 Å². The van der Waals surface area contributed by atoms with Crippen molar-refractivity contribution < 1.29 is 24.2 Å². The molecule has 1 aromatic carbocycles. The van der Waals surface area contributed by atoms with Gasteiger partial charge in [0.05, 0.1) is 19.8 Å². The summed E-state index contributed by atoms with van der Waals surface area (Å²) < 4.78 is 11.7. The van der Waals surface area contributed by atoms with E-state index < -0.39 is 0 Å². The van der Waals surface area contributed by atoms with Crippen LogP contribution < -0.4 is 4.74 Å². The number of hydrogen-bond donors (Lipinski definition) is 1. The Morgan fingerprint density at radius 2 is 2.24 bits per heavy atom. The molecule has 0 amide bonds. The summed E-state index contributed by atoms with van der Waals surface area (Å²) in [5, 5.41) is 12.3. The lowest BCUT2D eigenvalue weighted by Gasteiger charge is -2.59. The molecule has 2 heterocycles. The zero-order valence-corrected chi connectivity index (χ0v) is 17.4. The van der Waals surface area contributed by atoms with E-state index in [0.29, 0.717) is 24.3 Å². The van der Waals surface area contributed by atoms with E-state index in [1.54, 1.807) is 25.2 Å². The van der Waals surface area contributed by atoms with Gasteiger partial charge >= 0.3 is 5.97 Å². The molecule has 2 aliphatic carbocycles. The van der Waals surface area contributed by atoms with Crippen LogP contribution in [-0.2, 0) is 26.2 Å². The number of ether oxygens (including phenoxy) is 2. The molecular formula is C22H30N2O5. The van der Waals surface area contributed by atoms with Crippen LogP contribution >= 0.6 is 0 Å². The van der Waals surface area contributed by atoms with Gasteiger partial charge in [0.1, 0.15) is 12.6 Å². The maximum absolute atomic E-state index is 12.2. The van der Waals surface area contributed by atoms with E-state index in [1.807, 2.05) is 0 Å². The van der Waals surface area contributed by atoms with Gasteiger partial charge in [-0.2, -0.15) is 5.06 Å². The van der Waals surface area contributed by atoms with Crippen molar-refractivity contribution in [1.29, 1.82) is 0 Å². The van der Waals surface area contributed by atoms with Gasteiger partial charge in [-0.15, -0.1) is 0 Å². The molecule has 4 aliphatic rings. The first-order valence-electron chi connectivity index (χ1n) is 10.7. The Bertz CT molecular complexity index is 830. The Hall–Kier alpha value is -1.83. The van der Waals surface area contributed by atoms with Gasteiger partial charge in [-0.3, -0.25) is 4.79 Å². The SMILES string of the molecule is CCOC(=O)CN(OC)[C@H]1CC[C@H]2[C@H]3Cc4ccc(O)c5c4[C@@]2(CCN3C)[C@H]1O5. The summed E-state index contributed by atoms with van der Waals surface area (Å²) in [6, 6.07) is 4.25. The second kappa shape index (κ2) is 6.86. The van der Waals surface area contributed by atoms with Crippen molar-refractivity contribution in [3.63, 3.8) is 0 Å². The summed E-state index contributed by atoms with van der Waals surface area (Å²) in [4.78, 5) is 20.3. The average molecular weight is 402 g/mol. The molecule has 7 heteroatoms. The molecule has 0 aromatic heterocycles. The van der Waals surface area contributed by atoms with E-state index in [4.69, 9.17) is 14.3 Å². The highest BCUT2D eigenvalue weighted by molar-refractivity contribution is 5.71. The molecular weight excluding hydrogens is 372 g/mol. The van der Waals surface area contributed by atoms with Gasteiger partial charge in [0.2, 0.25) is 0 Å². The molecule has 1 saturated carbocycles. The molecule has 0 radical (unpaired) electrons. The highest BCUT2D eigenvalue weighted by Crippen LogP contribution is 2.64. The predicted molar refractivity (Wildman–Crippen MR) is 106 cm³/mol. The molecule has 1 spiro atoms. The Morgan fingerprint density at radius 1 is 1.41 bits per heavy atom. The Morgan fingerprint density at radius 3 is 3.00 bits per heavy atom. The van der Waals surface area contributed by atoms with Crippen molar-refractivity contribution in [2.24, 2.45) is 5.92 Å². The molecule has 7 nitrogen and oxygen atoms in total. The number of rotatable bonds is 5. The quantitative estimate of drug-likeness (QED) is 0.595. The van der Waals surface area contributed by atoms with Crippen LogP contribution in [-0.4, -0.2) is 73.1 Å². The summed E-state index contributed by atoms with van der Waals surface area (Å²) in [7, 11) is 3.83. The van der Waals surface area contributed by atoms with Gasteiger partial charge in [-0.1, -0.05) is 6.07 Å². The summed E-state index contributed by atoms with van der Waals surface area (Å²) in [6.45, 7) is 3.24. The first kappa shape index (κ1) is 19.2. The van der Waals surface area contributed by atoms with Crippen LogP contribution in [0.2, 0.25) is 0 Å².